The van der Waals surface area contributed by atoms with E-state index in [1.165, 1.54) is 19.3 Å². The Hall–Kier alpha value is -0.730. The van der Waals surface area contributed by atoms with Crippen LogP contribution in [0, 0.1) is 5.92 Å². The van der Waals surface area contributed by atoms with E-state index >= 15 is 0 Å². The van der Waals surface area contributed by atoms with Crippen LogP contribution in [0.3, 0.4) is 0 Å². The molecule has 1 aliphatic carbocycles. The minimum Gasteiger partial charge on any atom is -0.327 e. The van der Waals surface area contributed by atoms with Gasteiger partial charge in [-0.2, -0.15) is 0 Å². The largest absolute Gasteiger partial charge is 0.327 e. The number of benzene rings is 1. The molecule has 1 heterocycles. The number of para-hydroxylation sites is 1. The number of imidazole rings is 1. The van der Waals surface area contributed by atoms with E-state index in [0.717, 1.165) is 29.3 Å². The molecule has 0 aliphatic heterocycles. The third-order valence-corrected chi connectivity index (χ3v) is 4.14. The van der Waals surface area contributed by atoms with E-state index in [-0.39, 0.29) is 0 Å². The lowest BCUT2D eigenvalue weighted by atomic mass is 9.85. The van der Waals surface area contributed by atoms with Gasteiger partial charge in [-0.05, 0) is 30.9 Å². The second-order valence-corrected chi connectivity index (χ2v) is 5.35. The number of nitrogens with zero attached hydrogens (tertiary/aromatic N) is 2. The Morgan fingerprint density at radius 2 is 2.18 bits per heavy atom. The molecule has 0 atom stereocenters. The molecule has 1 aliphatic rings. The normalized spacial score (nSPS) is 16.4. The summed E-state index contributed by atoms with van der Waals surface area (Å²) in [6, 6.07) is 5.92. The summed E-state index contributed by atoms with van der Waals surface area (Å²) in [5.41, 5.74) is 1.99. The van der Waals surface area contributed by atoms with Crippen LogP contribution in [0.15, 0.2) is 18.2 Å². The minimum absolute atomic E-state index is 0.442. The van der Waals surface area contributed by atoms with Crippen LogP contribution in [0.1, 0.15) is 25.1 Å². The topological polar surface area (TPSA) is 17.8 Å². The minimum atomic E-state index is 0.442. The molecule has 1 aromatic heterocycles. The molecule has 0 radical (unpaired) electrons. The standard InChI is InChI=1S/C13H14Cl2N2/c14-7-12-16-13-10(15)5-2-6-11(13)17(12)8-9-3-1-4-9/h2,5-6,9H,1,3-4,7-8H2. The summed E-state index contributed by atoms with van der Waals surface area (Å²) in [5, 5.41) is 0.709. The van der Waals surface area contributed by atoms with E-state index < -0.39 is 0 Å². The highest BCUT2D eigenvalue weighted by atomic mass is 35.5. The van der Waals surface area contributed by atoms with Crippen molar-refractivity contribution in [1.82, 2.24) is 9.55 Å². The van der Waals surface area contributed by atoms with Crippen LogP contribution in [-0.2, 0) is 12.4 Å². The number of halogens is 2. The Labute approximate surface area is 111 Å². The van der Waals surface area contributed by atoms with E-state index in [0.29, 0.717) is 10.9 Å². The molecule has 0 unspecified atom stereocenters. The summed E-state index contributed by atoms with van der Waals surface area (Å²) >= 11 is 12.1. The van der Waals surface area contributed by atoms with Crippen molar-refractivity contribution in [3.8, 4) is 0 Å². The maximum Gasteiger partial charge on any atom is 0.124 e. The van der Waals surface area contributed by atoms with E-state index in [4.69, 9.17) is 23.2 Å². The molecule has 4 heteroatoms. The van der Waals surface area contributed by atoms with Crippen LogP contribution in [0.25, 0.3) is 11.0 Å². The summed E-state index contributed by atoms with van der Waals surface area (Å²) in [6.07, 6.45) is 4.00. The van der Waals surface area contributed by atoms with Gasteiger partial charge in [0.1, 0.15) is 11.3 Å². The molecular weight excluding hydrogens is 255 g/mol. The molecule has 0 saturated heterocycles. The summed E-state index contributed by atoms with van der Waals surface area (Å²) in [6.45, 7) is 1.03. The number of hydrogen-bond donors (Lipinski definition) is 0. The molecule has 2 nitrogen and oxygen atoms in total. The zero-order valence-corrected chi connectivity index (χ0v) is 11.0. The van der Waals surface area contributed by atoms with Crippen molar-refractivity contribution in [2.75, 3.05) is 0 Å². The predicted octanol–water partition coefficient (Wildman–Crippen LogP) is 4.23. The van der Waals surface area contributed by atoms with E-state index in [9.17, 15) is 0 Å². The van der Waals surface area contributed by atoms with Crippen molar-refractivity contribution >= 4 is 34.2 Å². The fraction of sp³-hybridized carbons (Fsp3) is 0.462. The molecule has 1 aromatic carbocycles. The van der Waals surface area contributed by atoms with Crippen molar-refractivity contribution in [3.05, 3.63) is 29.0 Å². The fourth-order valence-electron chi connectivity index (χ4n) is 2.40. The van der Waals surface area contributed by atoms with E-state index in [1.54, 1.807) is 0 Å². The summed E-state index contributed by atoms with van der Waals surface area (Å²) in [7, 11) is 0. The number of aromatic nitrogens is 2. The quantitative estimate of drug-likeness (QED) is 0.762. The number of hydrogen-bond acceptors (Lipinski definition) is 1. The third kappa shape index (κ3) is 1.94. The molecule has 0 N–H and O–H groups in total. The van der Waals surface area contributed by atoms with Gasteiger partial charge in [0, 0.05) is 6.54 Å². The third-order valence-electron chi connectivity index (χ3n) is 3.59. The summed E-state index contributed by atoms with van der Waals surface area (Å²) < 4.78 is 2.23. The molecule has 0 bridgehead atoms. The van der Waals surface area contributed by atoms with Gasteiger partial charge in [0.25, 0.3) is 0 Å². The van der Waals surface area contributed by atoms with Gasteiger partial charge < -0.3 is 4.57 Å². The zero-order valence-electron chi connectivity index (χ0n) is 9.50. The Balaban J connectivity index is 2.09. The zero-order chi connectivity index (χ0) is 11.8. The van der Waals surface area contributed by atoms with Gasteiger partial charge in [-0.25, -0.2) is 4.98 Å². The molecule has 1 saturated carbocycles. The van der Waals surface area contributed by atoms with Crippen LogP contribution in [0.5, 0.6) is 0 Å². The van der Waals surface area contributed by atoms with Gasteiger partial charge in [0.05, 0.1) is 16.4 Å². The first-order valence-electron chi connectivity index (χ1n) is 5.99. The Kier molecular flexibility index (Phi) is 3.01. The fourth-order valence-corrected chi connectivity index (χ4v) is 2.82. The highest BCUT2D eigenvalue weighted by Gasteiger charge is 2.21. The highest BCUT2D eigenvalue weighted by Crippen LogP contribution is 2.31. The van der Waals surface area contributed by atoms with Gasteiger partial charge in [0.2, 0.25) is 0 Å². The number of rotatable bonds is 3. The molecule has 0 spiro atoms. The predicted molar refractivity (Wildman–Crippen MR) is 71.6 cm³/mol. The van der Waals surface area contributed by atoms with Crippen molar-refractivity contribution in [2.45, 2.75) is 31.7 Å². The average Bonchev–Trinajstić information content (AvgIpc) is 2.63. The first-order chi connectivity index (χ1) is 8.29. The number of alkyl halides is 1. The van der Waals surface area contributed by atoms with Crippen molar-refractivity contribution in [2.24, 2.45) is 5.92 Å². The molecule has 17 heavy (non-hydrogen) atoms. The van der Waals surface area contributed by atoms with E-state index in [1.807, 2.05) is 12.1 Å². The molecule has 3 rings (SSSR count). The number of fused-ring (bicyclic) bond motifs is 1. The maximum atomic E-state index is 6.16. The first-order valence-corrected chi connectivity index (χ1v) is 6.90. The SMILES string of the molecule is ClCc1nc2c(Cl)cccc2n1CC1CCC1. The molecule has 1 fully saturated rings. The van der Waals surface area contributed by atoms with Crippen LogP contribution >= 0.6 is 23.2 Å². The van der Waals surface area contributed by atoms with Crippen LogP contribution in [0.4, 0.5) is 0 Å². The highest BCUT2D eigenvalue weighted by molar-refractivity contribution is 6.35. The Morgan fingerprint density at radius 1 is 1.35 bits per heavy atom. The van der Waals surface area contributed by atoms with Crippen molar-refractivity contribution in [1.29, 1.82) is 0 Å². The van der Waals surface area contributed by atoms with Gasteiger partial charge >= 0.3 is 0 Å². The lowest BCUT2D eigenvalue weighted by Gasteiger charge is -2.26. The van der Waals surface area contributed by atoms with Gasteiger partial charge in [-0.15, -0.1) is 11.6 Å². The van der Waals surface area contributed by atoms with Gasteiger partial charge in [0.15, 0.2) is 0 Å². The average molecular weight is 269 g/mol. The van der Waals surface area contributed by atoms with Crippen molar-refractivity contribution in [3.63, 3.8) is 0 Å². The van der Waals surface area contributed by atoms with Crippen LogP contribution in [-0.4, -0.2) is 9.55 Å². The second-order valence-electron chi connectivity index (χ2n) is 4.68. The van der Waals surface area contributed by atoms with Crippen molar-refractivity contribution < 1.29 is 0 Å². The first kappa shape index (κ1) is 11.4. The van der Waals surface area contributed by atoms with E-state index in [2.05, 4.69) is 15.6 Å². The molecule has 0 amide bonds. The lowest BCUT2D eigenvalue weighted by Crippen LogP contribution is -2.19. The smallest absolute Gasteiger partial charge is 0.124 e. The maximum absolute atomic E-state index is 6.16. The van der Waals surface area contributed by atoms with Gasteiger partial charge in [-0.1, -0.05) is 24.1 Å². The monoisotopic (exact) mass is 268 g/mol. The Morgan fingerprint density at radius 3 is 2.82 bits per heavy atom. The van der Waals surface area contributed by atoms with Gasteiger partial charge in [-0.3, -0.25) is 0 Å². The summed E-state index contributed by atoms with van der Waals surface area (Å²) in [4.78, 5) is 4.54. The van der Waals surface area contributed by atoms with Crippen LogP contribution in [0.2, 0.25) is 5.02 Å². The van der Waals surface area contributed by atoms with Crippen LogP contribution < -0.4 is 0 Å². The lowest BCUT2D eigenvalue weighted by molar-refractivity contribution is 0.277. The molecular formula is C13H14Cl2N2. The molecule has 2 aromatic rings. The molecule has 90 valence electrons. The summed E-state index contributed by atoms with van der Waals surface area (Å²) in [5.74, 6) is 2.16. The second kappa shape index (κ2) is 4.51. The Bertz CT molecular complexity index is 544.